The standard InChI is InChI=1S/C26H25N3O5/c1-26(2,14-23(30)31)29-24(32)21-12-7-13-22(27-21)28-25(33)34-15-20-18-10-5-3-8-16(18)17-9-4-6-11-19(17)20/h3-13,20H,14-15H2,1-2H3,(H,29,32)(H,30,31)(H,27,28,33). The number of fused-ring (bicyclic) bond motifs is 3. The Morgan fingerprint density at radius 1 is 0.941 bits per heavy atom. The number of carboxylic acid groups (broad SMARTS) is 1. The van der Waals surface area contributed by atoms with Gasteiger partial charge in [-0.25, -0.2) is 9.78 Å². The normalized spacial score (nSPS) is 12.4. The van der Waals surface area contributed by atoms with Crippen LogP contribution in [-0.2, 0) is 9.53 Å². The molecular formula is C26H25N3O5. The Morgan fingerprint density at radius 3 is 2.18 bits per heavy atom. The van der Waals surface area contributed by atoms with Crippen molar-refractivity contribution in [1.82, 2.24) is 10.3 Å². The van der Waals surface area contributed by atoms with Gasteiger partial charge in [-0.2, -0.15) is 0 Å². The van der Waals surface area contributed by atoms with Gasteiger partial charge in [-0.1, -0.05) is 54.6 Å². The summed E-state index contributed by atoms with van der Waals surface area (Å²) >= 11 is 0. The SMILES string of the molecule is CC(C)(CC(=O)O)NC(=O)c1cccc(NC(=O)OCC2c3ccccc3-c3ccccc32)n1. The molecule has 0 atom stereocenters. The summed E-state index contributed by atoms with van der Waals surface area (Å²) in [4.78, 5) is 40.1. The van der Waals surface area contributed by atoms with Crippen molar-refractivity contribution in [3.63, 3.8) is 0 Å². The second kappa shape index (κ2) is 9.35. The van der Waals surface area contributed by atoms with Gasteiger partial charge in [0.05, 0.1) is 6.42 Å². The summed E-state index contributed by atoms with van der Waals surface area (Å²) in [5, 5.41) is 14.2. The summed E-state index contributed by atoms with van der Waals surface area (Å²) < 4.78 is 5.51. The number of carbonyl (C=O) groups excluding carboxylic acids is 2. The monoisotopic (exact) mass is 459 g/mol. The van der Waals surface area contributed by atoms with E-state index < -0.39 is 23.5 Å². The summed E-state index contributed by atoms with van der Waals surface area (Å²) in [7, 11) is 0. The van der Waals surface area contributed by atoms with Crippen LogP contribution in [0.2, 0.25) is 0 Å². The minimum absolute atomic E-state index is 0.0508. The number of carboxylic acids is 1. The van der Waals surface area contributed by atoms with Crippen molar-refractivity contribution in [2.45, 2.75) is 31.7 Å². The third-order valence-corrected chi connectivity index (χ3v) is 5.60. The fourth-order valence-electron chi connectivity index (χ4n) is 4.16. The number of hydrogen-bond acceptors (Lipinski definition) is 5. The lowest BCUT2D eigenvalue weighted by Gasteiger charge is -2.24. The zero-order chi connectivity index (χ0) is 24.3. The van der Waals surface area contributed by atoms with E-state index in [0.29, 0.717) is 0 Å². The van der Waals surface area contributed by atoms with E-state index in [0.717, 1.165) is 22.3 Å². The van der Waals surface area contributed by atoms with Gasteiger partial charge in [0, 0.05) is 11.5 Å². The summed E-state index contributed by atoms with van der Waals surface area (Å²) in [5.74, 6) is -1.48. The Bertz CT molecular complexity index is 1210. The number of rotatable bonds is 7. The Kier molecular flexibility index (Phi) is 6.32. The third-order valence-electron chi connectivity index (χ3n) is 5.60. The highest BCUT2D eigenvalue weighted by atomic mass is 16.5. The van der Waals surface area contributed by atoms with Crippen molar-refractivity contribution in [2.24, 2.45) is 0 Å². The highest BCUT2D eigenvalue weighted by Gasteiger charge is 2.29. The molecule has 2 amide bonds. The van der Waals surface area contributed by atoms with E-state index in [1.807, 2.05) is 36.4 Å². The molecule has 0 aliphatic heterocycles. The van der Waals surface area contributed by atoms with Gasteiger partial charge in [-0.15, -0.1) is 0 Å². The van der Waals surface area contributed by atoms with E-state index in [-0.39, 0.29) is 30.5 Å². The lowest BCUT2D eigenvalue weighted by Crippen LogP contribution is -2.45. The Hall–Kier alpha value is -4.20. The van der Waals surface area contributed by atoms with E-state index >= 15 is 0 Å². The number of pyridine rings is 1. The predicted octanol–water partition coefficient (Wildman–Crippen LogP) is 4.43. The van der Waals surface area contributed by atoms with Crippen molar-refractivity contribution >= 4 is 23.8 Å². The molecule has 0 unspecified atom stereocenters. The molecule has 1 aliphatic rings. The molecule has 0 saturated carbocycles. The third kappa shape index (κ3) is 5.06. The first-order chi connectivity index (χ1) is 16.2. The number of nitrogens with zero attached hydrogens (tertiary/aromatic N) is 1. The Balaban J connectivity index is 1.40. The average Bonchev–Trinajstić information content (AvgIpc) is 3.10. The molecule has 3 aromatic rings. The zero-order valence-electron chi connectivity index (χ0n) is 18.9. The number of aromatic nitrogens is 1. The quantitative estimate of drug-likeness (QED) is 0.481. The van der Waals surface area contributed by atoms with Gasteiger partial charge in [-0.3, -0.25) is 14.9 Å². The van der Waals surface area contributed by atoms with Crippen LogP contribution in [0.3, 0.4) is 0 Å². The van der Waals surface area contributed by atoms with E-state index in [1.54, 1.807) is 26.0 Å². The topological polar surface area (TPSA) is 118 Å². The van der Waals surface area contributed by atoms with Gasteiger partial charge in [0.15, 0.2) is 0 Å². The molecule has 34 heavy (non-hydrogen) atoms. The molecule has 1 heterocycles. The van der Waals surface area contributed by atoms with Crippen LogP contribution >= 0.6 is 0 Å². The average molecular weight is 460 g/mol. The molecule has 8 nitrogen and oxygen atoms in total. The molecule has 0 spiro atoms. The largest absolute Gasteiger partial charge is 0.481 e. The second-order valence-corrected chi connectivity index (χ2v) is 8.77. The summed E-state index contributed by atoms with van der Waals surface area (Å²) in [5.41, 5.74) is 3.59. The number of benzene rings is 2. The molecule has 1 aromatic heterocycles. The number of amides is 2. The molecule has 0 fully saturated rings. The number of anilines is 1. The van der Waals surface area contributed by atoms with Crippen LogP contribution < -0.4 is 10.6 Å². The molecule has 174 valence electrons. The predicted molar refractivity (Wildman–Crippen MR) is 127 cm³/mol. The molecule has 0 saturated heterocycles. The summed E-state index contributed by atoms with van der Waals surface area (Å²) in [6.45, 7) is 3.37. The van der Waals surface area contributed by atoms with Gasteiger partial charge >= 0.3 is 12.1 Å². The maximum atomic E-state index is 12.5. The lowest BCUT2D eigenvalue weighted by atomic mass is 9.98. The highest BCUT2D eigenvalue weighted by molar-refractivity contribution is 5.94. The molecular weight excluding hydrogens is 434 g/mol. The summed E-state index contributed by atoms with van der Waals surface area (Å²) in [6, 6.07) is 20.7. The van der Waals surface area contributed by atoms with Crippen LogP contribution in [-0.4, -0.2) is 40.2 Å². The lowest BCUT2D eigenvalue weighted by molar-refractivity contribution is -0.138. The number of hydrogen-bond donors (Lipinski definition) is 3. The van der Waals surface area contributed by atoms with Crippen LogP contribution in [0.5, 0.6) is 0 Å². The second-order valence-electron chi connectivity index (χ2n) is 8.77. The zero-order valence-corrected chi connectivity index (χ0v) is 18.9. The van der Waals surface area contributed by atoms with Crippen molar-refractivity contribution in [3.8, 4) is 11.1 Å². The van der Waals surface area contributed by atoms with E-state index in [4.69, 9.17) is 9.84 Å². The van der Waals surface area contributed by atoms with Crippen LogP contribution in [0, 0.1) is 0 Å². The van der Waals surface area contributed by atoms with Gasteiger partial charge < -0.3 is 15.2 Å². The molecule has 8 heteroatoms. The highest BCUT2D eigenvalue weighted by Crippen LogP contribution is 2.44. The number of ether oxygens (including phenoxy) is 1. The van der Waals surface area contributed by atoms with Crippen LogP contribution in [0.15, 0.2) is 66.7 Å². The summed E-state index contributed by atoms with van der Waals surface area (Å²) in [6.07, 6.45) is -0.922. The van der Waals surface area contributed by atoms with Crippen molar-refractivity contribution in [3.05, 3.63) is 83.6 Å². The van der Waals surface area contributed by atoms with E-state index in [2.05, 4.69) is 27.8 Å². The van der Waals surface area contributed by atoms with Gasteiger partial charge in [-0.05, 0) is 48.2 Å². The maximum Gasteiger partial charge on any atom is 0.412 e. The minimum Gasteiger partial charge on any atom is -0.481 e. The first-order valence-corrected chi connectivity index (χ1v) is 10.9. The number of nitrogens with one attached hydrogen (secondary N) is 2. The van der Waals surface area contributed by atoms with Gasteiger partial charge in [0.2, 0.25) is 0 Å². The van der Waals surface area contributed by atoms with Crippen molar-refractivity contribution < 1.29 is 24.2 Å². The molecule has 1 aliphatic carbocycles. The molecule has 4 rings (SSSR count). The fourth-order valence-corrected chi connectivity index (χ4v) is 4.16. The molecule has 3 N–H and O–H groups in total. The van der Waals surface area contributed by atoms with Crippen molar-refractivity contribution in [1.29, 1.82) is 0 Å². The molecule has 0 bridgehead atoms. The minimum atomic E-state index is -1.02. The van der Waals surface area contributed by atoms with E-state index in [9.17, 15) is 14.4 Å². The molecule has 2 aromatic carbocycles. The Morgan fingerprint density at radius 2 is 1.56 bits per heavy atom. The first-order valence-electron chi connectivity index (χ1n) is 10.9. The van der Waals surface area contributed by atoms with Crippen LogP contribution in [0.25, 0.3) is 11.1 Å². The van der Waals surface area contributed by atoms with Crippen LogP contribution in [0.4, 0.5) is 10.6 Å². The van der Waals surface area contributed by atoms with Crippen LogP contribution in [0.1, 0.15) is 47.8 Å². The number of carbonyl (C=O) groups is 3. The maximum absolute atomic E-state index is 12.5. The molecule has 0 radical (unpaired) electrons. The Labute approximate surface area is 197 Å². The van der Waals surface area contributed by atoms with Gasteiger partial charge in [0.1, 0.15) is 18.1 Å². The van der Waals surface area contributed by atoms with Gasteiger partial charge in [0.25, 0.3) is 5.91 Å². The fraction of sp³-hybridized carbons (Fsp3) is 0.231. The smallest absolute Gasteiger partial charge is 0.412 e. The first kappa shape index (κ1) is 23.0. The van der Waals surface area contributed by atoms with Crippen molar-refractivity contribution in [2.75, 3.05) is 11.9 Å². The van der Waals surface area contributed by atoms with E-state index in [1.165, 1.54) is 6.07 Å². The number of aliphatic carboxylic acids is 1.